The van der Waals surface area contributed by atoms with Gasteiger partial charge in [0.05, 0.1) is 24.3 Å². The van der Waals surface area contributed by atoms with E-state index in [1.807, 2.05) is 13.8 Å². The van der Waals surface area contributed by atoms with E-state index in [4.69, 9.17) is 14.2 Å². The Morgan fingerprint density at radius 2 is 1.38 bits per heavy atom. The topological polar surface area (TPSA) is 61.8 Å². The number of unbranched alkanes of at least 4 members (excludes halogenated alkanes) is 1. The summed E-state index contributed by atoms with van der Waals surface area (Å²) in [6.45, 7) is 5.50. The molecule has 0 aliphatic carbocycles. The average Bonchev–Trinajstić information content (AvgIpc) is 2.51. The Bertz CT molecular complexity index is 438. The first kappa shape index (κ1) is 17.2. The Morgan fingerprint density at radius 1 is 0.857 bits per heavy atom. The Kier molecular flexibility index (Phi) is 8.12. The molecule has 0 aliphatic rings. The first-order chi connectivity index (χ1) is 10.2. The molecule has 0 saturated heterocycles. The number of carbonyl (C=O) groups is 2. The predicted octanol–water partition coefficient (Wildman–Crippen LogP) is 2.84. The van der Waals surface area contributed by atoms with Crippen molar-refractivity contribution in [1.29, 1.82) is 0 Å². The summed E-state index contributed by atoms with van der Waals surface area (Å²) in [5.74, 6) is -0.805. The van der Waals surface area contributed by atoms with Crippen molar-refractivity contribution in [2.45, 2.75) is 26.7 Å². The van der Waals surface area contributed by atoms with Crippen LogP contribution >= 0.6 is 0 Å². The first-order valence-electron chi connectivity index (χ1n) is 7.21. The number of ether oxygens (including phenoxy) is 3. The van der Waals surface area contributed by atoms with Crippen molar-refractivity contribution in [2.75, 3.05) is 26.4 Å². The summed E-state index contributed by atoms with van der Waals surface area (Å²) in [5.41, 5.74) is 0.827. The molecule has 0 heterocycles. The van der Waals surface area contributed by atoms with Crippen LogP contribution in [0.2, 0.25) is 0 Å². The highest BCUT2D eigenvalue weighted by molar-refractivity contribution is 5.93. The second kappa shape index (κ2) is 9.94. The molecule has 0 aromatic heterocycles. The van der Waals surface area contributed by atoms with Gasteiger partial charge >= 0.3 is 11.9 Å². The number of carbonyl (C=O) groups excluding carboxylic acids is 2. The second-order valence-electron chi connectivity index (χ2n) is 4.40. The molecule has 116 valence electrons. The van der Waals surface area contributed by atoms with Crippen molar-refractivity contribution in [2.24, 2.45) is 0 Å². The van der Waals surface area contributed by atoms with E-state index in [2.05, 4.69) is 0 Å². The summed E-state index contributed by atoms with van der Waals surface area (Å²) in [4.78, 5) is 23.4. The maximum Gasteiger partial charge on any atom is 0.338 e. The van der Waals surface area contributed by atoms with E-state index < -0.39 is 5.97 Å². The summed E-state index contributed by atoms with van der Waals surface area (Å²) >= 11 is 0. The third kappa shape index (κ3) is 6.40. The summed E-state index contributed by atoms with van der Waals surface area (Å²) in [7, 11) is 0. The predicted molar refractivity (Wildman–Crippen MR) is 78.4 cm³/mol. The number of hydrogen-bond donors (Lipinski definition) is 0. The Morgan fingerprint density at radius 3 is 1.86 bits per heavy atom. The van der Waals surface area contributed by atoms with Gasteiger partial charge in [-0.1, -0.05) is 13.3 Å². The zero-order valence-electron chi connectivity index (χ0n) is 12.6. The molecule has 0 spiro atoms. The number of hydrogen-bond acceptors (Lipinski definition) is 5. The molecule has 0 aliphatic heterocycles. The number of benzene rings is 1. The lowest BCUT2D eigenvalue weighted by atomic mass is 10.1. The largest absolute Gasteiger partial charge is 0.462 e. The lowest BCUT2D eigenvalue weighted by Crippen LogP contribution is -2.11. The van der Waals surface area contributed by atoms with Crippen LogP contribution in [0.4, 0.5) is 0 Å². The van der Waals surface area contributed by atoms with Crippen LogP contribution in [0.5, 0.6) is 0 Å². The van der Waals surface area contributed by atoms with Crippen LogP contribution in [-0.2, 0) is 14.2 Å². The van der Waals surface area contributed by atoms with Gasteiger partial charge in [-0.2, -0.15) is 0 Å². The number of rotatable bonds is 9. The molecule has 0 saturated carbocycles. The van der Waals surface area contributed by atoms with Gasteiger partial charge in [0.1, 0.15) is 6.61 Å². The van der Waals surface area contributed by atoms with Crippen LogP contribution in [0.3, 0.4) is 0 Å². The molecule has 5 nitrogen and oxygen atoms in total. The van der Waals surface area contributed by atoms with Crippen LogP contribution in [0.15, 0.2) is 24.3 Å². The molecule has 1 aromatic carbocycles. The van der Waals surface area contributed by atoms with E-state index in [0.717, 1.165) is 12.8 Å². The molecule has 1 rings (SSSR count). The summed E-state index contributed by atoms with van der Waals surface area (Å²) in [6, 6.07) is 6.24. The van der Waals surface area contributed by atoms with Crippen molar-refractivity contribution < 1.29 is 23.8 Å². The van der Waals surface area contributed by atoms with Crippen LogP contribution in [0.25, 0.3) is 0 Å². The van der Waals surface area contributed by atoms with Crippen molar-refractivity contribution in [1.82, 2.24) is 0 Å². The van der Waals surface area contributed by atoms with Crippen molar-refractivity contribution in [3.05, 3.63) is 35.4 Å². The van der Waals surface area contributed by atoms with Gasteiger partial charge in [0, 0.05) is 6.61 Å². The molecule has 0 bridgehead atoms. The molecule has 0 radical (unpaired) electrons. The fourth-order valence-electron chi connectivity index (χ4n) is 1.56. The fourth-order valence-corrected chi connectivity index (χ4v) is 1.56. The van der Waals surface area contributed by atoms with Gasteiger partial charge in [-0.3, -0.25) is 0 Å². The highest BCUT2D eigenvalue weighted by atomic mass is 16.6. The van der Waals surface area contributed by atoms with Crippen molar-refractivity contribution in [3.63, 3.8) is 0 Å². The standard InChI is InChI=1S/C16H22O5/c1-3-5-10-20-15(17)13-6-8-14(9-7-13)16(18)21-12-11-19-4-2/h6-9H,3-5,10-12H2,1-2H3. The fraction of sp³-hybridized carbons (Fsp3) is 0.500. The number of esters is 2. The molecule has 0 fully saturated rings. The normalized spacial score (nSPS) is 10.2. The molecular formula is C16H22O5. The van der Waals surface area contributed by atoms with Gasteiger partial charge < -0.3 is 14.2 Å². The summed E-state index contributed by atoms with van der Waals surface area (Å²) in [6.07, 6.45) is 1.82. The molecule has 0 unspecified atom stereocenters. The second-order valence-corrected chi connectivity index (χ2v) is 4.40. The van der Waals surface area contributed by atoms with Crippen molar-refractivity contribution >= 4 is 11.9 Å². The molecular weight excluding hydrogens is 272 g/mol. The van der Waals surface area contributed by atoms with Gasteiger partial charge in [-0.25, -0.2) is 9.59 Å². The Labute approximate surface area is 125 Å². The zero-order chi connectivity index (χ0) is 15.5. The molecule has 0 N–H and O–H groups in total. The highest BCUT2D eigenvalue weighted by Gasteiger charge is 2.10. The minimum Gasteiger partial charge on any atom is -0.462 e. The average molecular weight is 294 g/mol. The van der Waals surface area contributed by atoms with Gasteiger partial charge in [0.2, 0.25) is 0 Å². The van der Waals surface area contributed by atoms with Gasteiger partial charge in [0.25, 0.3) is 0 Å². The Hall–Kier alpha value is -1.88. The quantitative estimate of drug-likeness (QED) is 0.517. The first-order valence-corrected chi connectivity index (χ1v) is 7.21. The van der Waals surface area contributed by atoms with Gasteiger partial charge in [-0.05, 0) is 37.6 Å². The SMILES string of the molecule is CCCCOC(=O)c1ccc(C(=O)OCCOCC)cc1. The summed E-state index contributed by atoms with van der Waals surface area (Å²) in [5, 5.41) is 0. The smallest absolute Gasteiger partial charge is 0.338 e. The van der Waals surface area contributed by atoms with Crippen LogP contribution in [-0.4, -0.2) is 38.4 Å². The molecule has 0 atom stereocenters. The van der Waals surface area contributed by atoms with Crippen LogP contribution in [0, 0.1) is 0 Å². The zero-order valence-corrected chi connectivity index (χ0v) is 12.6. The molecule has 21 heavy (non-hydrogen) atoms. The molecule has 1 aromatic rings. The highest BCUT2D eigenvalue weighted by Crippen LogP contribution is 2.08. The van der Waals surface area contributed by atoms with Crippen molar-refractivity contribution in [3.8, 4) is 0 Å². The van der Waals surface area contributed by atoms with Gasteiger partial charge in [0.15, 0.2) is 0 Å². The van der Waals surface area contributed by atoms with Gasteiger partial charge in [-0.15, -0.1) is 0 Å². The van der Waals surface area contributed by atoms with E-state index in [9.17, 15) is 9.59 Å². The van der Waals surface area contributed by atoms with E-state index in [-0.39, 0.29) is 12.6 Å². The lowest BCUT2D eigenvalue weighted by molar-refractivity contribution is 0.0334. The lowest BCUT2D eigenvalue weighted by Gasteiger charge is -2.06. The van der Waals surface area contributed by atoms with Crippen LogP contribution < -0.4 is 0 Å². The monoisotopic (exact) mass is 294 g/mol. The van der Waals surface area contributed by atoms with E-state index in [1.54, 1.807) is 24.3 Å². The van der Waals surface area contributed by atoms with Crippen LogP contribution in [0.1, 0.15) is 47.4 Å². The third-order valence-electron chi connectivity index (χ3n) is 2.75. The maximum absolute atomic E-state index is 11.7. The molecule has 5 heteroatoms. The minimum atomic E-state index is -0.430. The summed E-state index contributed by atoms with van der Waals surface area (Å²) < 4.78 is 15.2. The Balaban J connectivity index is 2.45. The molecule has 0 amide bonds. The third-order valence-corrected chi connectivity index (χ3v) is 2.75. The van der Waals surface area contributed by atoms with E-state index >= 15 is 0 Å². The van der Waals surface area contributed by atoms with E-state index in [1.165, 1.54) is 0 Å². The maximum atomic E-state index is 11.7. The van der Waals surface area contributed by atoms with E-state index in [0.29, 0.717) is 30.9 Å². The minimum absolute atomic E-state index is 0.216.